The Kier molecular flexibility index (Phi) is 5.30. The average molecular weight is 210 g/mol. The lowest BCUT2D eigenvalue weighted by Crippen LogP contribution is -2.32. The van der Waals surface area contributed by atoms with Crippen molar-refractivity contribution < 1.29 is 9.36 Å². The van der Waals surface area contributed by atoms with E-state index in [2.05, 4.69) is 17.0 Å². The first-order valence-electron chi connectivity index (χ1n) is 4.84. The maximum atomic E-state index is 11.0. The average Bonchev–Trinajstić information content (AvgIpc) is 2.25. The van der Waals surface area contributed by atoms with Crippen LogP contribution in [0.3, 0.4) is 0 Å². The molecule has 0 bridgehead atoms. The molecule has 1 aromatic rings. The van der Waals surface area contributed by atoms with E-state index >= 15 is 0 Å². The van der Waals surface area contributed by atoms with Gasteiger partial charge in [0.2, 0.25) is 0 Å². The van der Waals surface area contributed by atoms with Gasteiger partial charge in [-0.1, -0.05) is 17.8 Å². The Morgan fingerprint density at radius 3 is 2.57 bits per heavy atom. The maximum Gasteiger partial charge on any atom is 0.188 e. The number of hydrogen-bond acceptors (Lipinski definition) is 2. The summed E-state index contributed by atoms with van der Waals surface area (Å²) in [6.45, 7) is 1.00. The van der Waals surface area contributed by atoms with Gasteiger partial charge in [-0.05, 0) is 12.7 Å². The molecule has 2 nitrogen and oxygen atoms in total. The summed E-state index contributed by atoms with van der Waals surface area (Å²) in [5, 5.41) is 0.295. The molecule has 0 N–H and O–H groups in total. The summed E-state index contributed by atoms with van der Waals surface area (Å²) in [6, 6.07) is 6.05. The van der Waals surface area contributed by atoms with E-state index in [0.29, 0.717) is 11.5 Å². The summed E-state index contributed by atoms with van der Waals surface area (Å²) >= 11 is 1.33. The van der Waals surface area contributed by atoms with Gasteiger partial charge in [-0.3, -0.25) is 4.79 Å². The topological polar surface area (TPSA) is 20.9 Å². The summed E-state index contributed by atoms with van der Waals surface area (Å²) in [4.78, 5) is 11.0. The van der Waals surface area contributed by atoms with Crippen LogP contribution in [-0.2, 0) is 11.3 Å². The molecule has 0 radical (unpaired) electrons. The summed E-state index contributed by atoms with van der Waals surface area (Å²) in [5.74, 6) is 0. The van der Waals surface area contributed by atoms with Crippen LogP contribution in [0.1, 0.15) is 19.3 Å². The van der Waals surface area contributed by atoms with E-state index < -0.39 is 0 Å². The number of thioether (sulfide) groups is 1. The van der Waals surface area contributed by atoms with E-state index in [1.807, 2.05) is 24.5 Å². The largest absolute Gasteiger partial charge is 0.287 e. The summed E-state index contributed by atoms with van der Waals surface area (Å²) < 4.78 is 2.14. The van der Waals surface area contributed by atoms with Gasteiger partial charge in [0.05, 0.1) is 0 Å². The van der Waals surface area contributed by atoms with Crippen LogP contribution in [-0.4, -0.2) is 11.4 Å². The van der Waals surface area contributed by atoms with Gasteiger partial charge in [0, 0.05) is 25.0 Å². The molecule has 0 amide bonds. The normalized spacial score (nSPS) is 10.1. The Labute approximate surface area is 89.3 Å². The Balaban J connectivity index is 2.13. The molecule has 1 rings (SSSR count). The Bertz CT molecular complexity index is 274. The number of pyridine rings is 1. The minimum Gasteiger partial charge on any atom is -0.287 e. The predicted molar refractivity (Wildman–Crippen MR) is 59.0 cm³/mol. The van der Waals surface area contributed by atoms with Crippen LogP contribution in [0.15, 0.2) is 30.6 Å². The molecule has 3 heteroatoms. The zero-order valence-corrected chi connectivity index (χ0v) is 9.30. The van der Waals surface area contributed by atoms with E-state index in [4.69, 9.17) is 0 Å². The number of aryl methyl sites for hydroxylation is 1. The molecule has 1 heterocycles. The van der Waals surface area contributed by atoms with Crippen molar-refractivity contribution in [3.63, 3.8) is 0 Å². The van der Waals surface area contributed by atoms with Crippen LogP contribution >= 0.6 is 11.8 Å². The third kappa shape index (κ3) is 4.42. The highest BCUT2D eigenvalue weighted by Gasteiger charge is 2.01. The lowest BCUT2D eigenvalue weighted by molar-refractivity contribution is -0.697. The van der Waals surface area contributed by atoms with Crippen molar-refractivity contribution in [3.8, 4) is 0 Å². The number of carbonyl (C=O) groups excluding carboxylic acids is 1. The minimum atomic E-state index is 0.295. The van der Waals surface area contributed by atoms with Gasteiger partial charge < -0.3 is 0 Å². The lowest BCUT2D eigenvalue weighted by Gasteiger charge is -1.96. The van der Waals surface area contributed by atoms with E-state index in [9.17, 15) is 4.79 Å². The summed E-state index contributed by atoms with van der Waals surface area (Å²) in [5.41, 5.74) is 0. The fraction of sp³-hybridized carbons (Fsp3) is 0.455. The Hall–Kier alpha value is -0.830. The number of nitrogens with zero attached hydrogens (tertiary/aromatic N) is 1. The van der Waals surface area contributed by atoms with Gasteiger partial charge in [0.1, 0.15) is 6.54 Å². The lowest BCUT2D eigenvalue weighted by atomic mass is 10.2. The molecule has 0 atom stereocenters. The van der Waals surface area contributed by atoms with E-state index in [-0.39, 0.29) is 0 Å². The molecular formula is C11H16NOS+. The van der Waals surface area contributed by atoms with Crippen molar-refractivity contribution in [3.05, 3.63) is 30.6 Å². The van der Waals surface area contributed by atoms with E-state index in [1.54, 1.807) is 0 Å². The number of rotatable bonds is 5. The monoisotopic (exact) mass is 210 g/mol. The summed E-state index contributed by atoms with van der Waals surface area (Å²) in [7, 11) is 0. The number of aromatic nitrogens is 1. The van der Waals surface area contributed by atoms with Gasteiger partial charge >= 0.3 is 0 Å². The van der Waals surface area contributed by atoms with Crippen molar-refractivity contribution in [2.75, 3.05) is 6.26 Å². The number of hydrogen-bond donors (Lipinski definition) is 0. The van der Waals surface area contributed by atoms with E-state index in [1.165, 1.54) is 11.8 Å². The Morgan fingerprint density at radius 1 is 1.21 bits per heavy atom. The second kappa shape index (κ2) is 6.60. The molecule has 0 unspecified atom stereocenters. The first-order chi connectivity index (χ1) is 6.83. The van der Waals surface area contributed by atoms with Gasteiger partial charge in [0.15, 0.2) is 17.5 Å². The number of unbranched alkanes of at least 4 members (excludes halogenated alkanes) is 1. The van der Waals surface area contributed by atoms with Gasteiger partial charge in [-0.15, -0.1) is 0 Å². The summed E-state index contributed by atoms with van der Waals surface area (Å²) in [6.07, 6.45) is 8.71. The molecule has 0 aliphatic rings. The smallest absolute Gasteiger partial charge is 0.188 e. The third-order valence-corrected chi connectivity index (χ3v) is 2.71. The van der Waals surface area contributed by atoms with Crippen molar-refractivity contribution in [2.24, 2.45) is 0 Å². The second-order valence-corrected chi connectivity index (χ2v) is 4.01. The van der Waals surface area contributed by atoms with Crippen LogP contribution in [0, 0.1) is 0 Å². The molecule has 1 aromatic heterocycles. The molecule has 0 aliphatic carbocycles. The molecule has 0 fully saturated rings. The van der Waals surface area contributed by atoms with Crippen LogP contribution in [0.4, 0.5) is 0 Å². The zero-order valence-electron chi connectivity index (χ0n) is 8.48. The van der Waals surface area contributed by atoms with Crippen LogP contribution in [0.5, 0.6) is 0 Å². The predicted octanol–water partition coefficient (Wildman–Crippen LogP) is 2.03. The number of carbonyl (C=O) groups is 1. The van der Waals surface area contributed by atoms with Crippen molar-refractivity contribution in [1.82, 2.24) is 0 Å². The van der Waals surface area contributed by atoms with Crippen molar-refractivity contribution in [2.45, 2.75) is 25.8 Å². The van der Waals surface area contributed by atoms with Crippen molar-refractivity contribution in [1.29, 1.82) is 0 Å². The molecule has 0 saturated heterocycles. The fourth-order valence-corrected chi connectivity index (χ4v) is 1.60. The van der Waals surface area contributed by atoms with Gasteiger partial charge in [-0.25, -0.2) is 4.57 Å². The molecule has 0 aromatic carbocycles. The quantitative estimate of drug-likeness (QED) is 0.547. The molecule has 0 saturated carbocycles. The third-order valence-electron chi connectivity index (χ3n) is 2.05. The second-order valence-electron chi connectivity index (χ2n) is 3.15. The van der Waals surface area contributed by atoms with Crippen LogP contribution in [0.2, 0.25) is 0 Å². The highest BCUT2D eigenvalue weighted by atomic mass is 32.2. The fourth-order valence-electron chi connectivity index (χ4n) is 1.25. The van der Waals surface area contributed by atoms with E-state index in [0.717, 1.165) is 19.4 Å². The van der Waals surface area contributed by atoms with Crippen LogP contribution in [0.25, 0.3) is 0 Å². The van der Waals surface area contributed by atoms with Crippen LogP contribution < -0.4 is 4.57 Å². The first kappa shape index (κ1) is 11.2. The minimum absolute atomic E-state index is 0.295. The van der Waals surface area contributed by atoms with Gasteiger partial charge in [0.25, 0.3) is 0 Å². The molecule has 14 heavy (non-hydrogen) atoms. The Morgan fingerprint density at radius 2 is 1.93 bits per heavy atom. The van der Waals surface area contributed by atoms with Crippen molar-refractivity contribution >= 4 is 16.9 Å². The molecule has 0 spiro atoms. The first-order valence-corrected chi connectivity index (χ1v) is 6.06. The maximum absolute atomic E-state index is 11.0. The standard InChI is InChI=1S/C11H16NOS/c1-14-11(13)7-3-6-10-12-8-4-2-5-9-12/h2,4-5,8-9H,3,6-7,10H2,1H3/q+1. The molecule has 0 aliphatic heterocycles. The highest BCUT2D eigenvalue weighted by Crippen LogP contribution is 2.04. The SMILES string of the molecule is CSC(=O)CCCC[n+]1ccccc1. The molecular weight excluding hydrogens is 194 g/mol. The van der Waals surface area contributed by atoms with Gasteiger partial charge in [-0.2, -0.15) is 0 Å². The molecule has 76 valence electrons. The highest BCUT2D eigenvalue weighted by molar-refractivity contribution is 8.13. The zero-order chi connectivity index (χ0) is 10.2.